The monoisotopic (exact) mass is 269 g/mol. The molecule has 3 nitrogen and oxygen atoms in total. The van der Waals surface area contributed by atoms with E-state index in [1.165, 1.54) is 23.8 Å². The van der Waals surface area contributed by atoms with E-state index in [1.807, 2.05) is 18.2 Å². The minimum atomic E-state index is -0.400. The average Bonchev–Trinajstić information content (AvgIpc) is 2.95. The topological polar surface area (TPSA) is 39.2 Å². The van der Waals surface area contributed by atoms with E-state index in [-0.39, 0.29) is 0 Å². The molecule has 0 saturated heterocycles. The standard InChI is InChI=1S/C15H11NO2S/c1-18-15(17)13-9-19-14(16-13)12-7-6-10-4-2-3-5-11(10)8-12/h2-9H,1H3. The lowest BCUT2D eigenvalue weighted by atomic mass is 10.1. The first-order chi connectivity index (χ1) is 9.28. The third-order valence-corrected chi connectivity index (χ3v) is 3.79. The summed E-state index contributed by atoms with van der Waals surface area (Å²) in [5.74, 6) is -0.400. The van der Waals surface area contributed by atoms with Crippen molar-refractivity contribution in [2.75, 3.05) is 7.11 Å². The highest BCUT2D eigenvalue weighted by Gasteiger charge is 2.11. The molecule has 0 radical (unpaired) electrons. The van der Waals surface area contributed by atoms with E-state index in [0.717, 1.165) is 16.0 Å². The fourth-order valence-corrected chi connectivity index (χ4v) is 2.71. The molecule has 94 valence electrons. The molecule has 19 heavy (non-hydrogen) atoms. The van der Waals surface area contributed by atoms with Crippen LogP contribution in [-0.4, -0.2) is 18.1 Å². The first-order valence-corrected chi connectivity index (χ1v) is 6.69. The maximum Gasteiger partial charge on any atom is 0.357 e. The highest BCUT2D eigenvalue weighted by molar-refractivity contribution is 7.13. The maximum absolute atomic E-state index is 11.4. The van der Waals surface area contributed by atoms with Crippen molar-refractivity contribution in [3.05, 3.63) is 53.5 Å². The van der Waals surface area contributed by atoms with Crippen LogP contribution >= 0.6 is 11.3 Å². The van der Waals surface area contributed by atoms with Crippen LogP contribution in [0.15, 0.2) is 47.8 Å². The van der Waals surface area contributed by atoms with E-state index < -0.39 is 5.97 Å². The number of benzene rings is 2. The number of esters is 1. The average molecular weight is 269 g/mol. The molecule has 0 unspecified atom stereocenters. The Balaban J connectivity index is 2.04. The SMILES string of the molecule is COC(=O)c1csc(-c2ccc3ccccc3c2)n1. The van der Waals surface area contributed by atoms with Crippen LogP contribution in [0, 0.1) is 0 Å². The van der Waals surface area contributed by atoms with E-state index in [1.54, 1.807) is 5.38 Å². The number of nitrogens with zero attached hydrogens (tertiary/aromatic N) is 1. The maximum atomic E-state index is 11.4. The second-order valence-corrected chi connectivity index (χ2v) is 4.95. The van der Waals surface area contributed by atoms with Gasteiger partial charge in [-0.1, -0.05) is 36.4 Å². The van der Waals surface area contributed by atoms with Gasteiger partial charge in [0.05, 0.1) is 7.11 Å². The summed E-state index contributed by atoms with van der Waals surface area (Å²) in [6.45, 7) is 0. The van der Waals surface area contributed by atoms with Crippen molar-refractivity contribution in [3.8, 4) is 10.6 Å². The molecule has 3 aromatic rings. The summed E-state index contributed by atoms with van der Waals surface area (Å²) in [6, 6.07) is 14.3. The molecule has 0 fully saturated rings. The summed E-state index contributed by atoms with van der Waals surface area (Å²) in [4.78, 5) is 15.7. The molecule has 4 heteroatoms. The van der Waals surface area contributed by atoms with Gasteiger partial charge in [-0.2, -0.15) is 0 Å². The highest BCUT2D eigenvalue weighted by atomic mass is 32.1. The lowest BCUT2D eigenvalue weighted by Gasteiger charge is -2.00. The van der Waals surface area contributed by atoms with Crippen LogP contribution in [0.25, 0.3) is 21.3 Å². The zero-order valence-corrected chi connectivity index (χ0v) is 11.1. The molecule has 2 aromatic carbocycles. The molecular formula is C15H11NO2S. The van der Waals surface area contributed by atoms with Gasteiger partial charge in [0.15, 0.2) is 5.69 Å². The van der Waals surface area contributed by atoms with Crippen molar-refractivity contribution in [2.24, 2.45) is 0 Å². The molecule has 0 amide bonds. The Labute approximate surface area is 114 Å². The Kier molecular flexibility index (Phi) is 3.01. The normalized spacial score (nSPS) is 10.6. The summed E-state index contributed by atoms with van der Waals surface area (Å²) in [6.07, 6.45) is 0. The van der Waals surface area contributed by atoms with E-state index >= 15 is 0 Å². The number of hydrogen-bond acceptors (Lipinski definition) is 4. The van der Waals surface area contributed by atoms with Gasteiger partial charge in [0.1, 0.15) is 5.01 Å². The summed E-state index contributed by atoms with van der Waals surface area (Å²) >= 11 is 1.44. The number of thiazole rings is 1. The molecule has 0 atom stereocenters. The number of hydrogen-bond donors (Lipinski definition) is 0. The van der Waals surface area contributed by atoms with Crippen LogP contribution < -0.4 is 0 Å². The van der Waals surface area contributed by atoms with E-state index in [0.29, 0.717) is 5.69 Å². The van der Waals surface area contributed by atoms with Crippen LogP contribution in [0.3, 0.4) is 0 Å². The Morgan fingerprint density at radius 1 is 1.16 bits per heavy atom. The van der Waals surface area contributed by atoms with Gasteiger partial charge in [-0.3, -0.25) is 0 Å². The molecule has 1 heterocycles. The second-order valence-electron chi connectivity index (χ2n) is 4.09. The van der Waals surface area contributed by atoms with Crippen molar-refractivity contribution < 1.29 is 9.53 Å². The molecular weight excluding hydrogens is 258 g/mol. The van der Waals surface area contributed by atoms with Gasteiger partial charge in [0.2, 0.25) is 0 Å². The van der Waals surface area contributed by atoms with Crippen molar-refractivity contribution in [1.82, 2.24) is 4.98 Å². The summed E-state index contributed by atoms with van der Waals surface area (Å²) < 4.78 is 4.66. The number of aromatic nitrogens is 1. The molecule has 1 aromatic heterocycles. The van der Waals surface area contributed by atoms with Crippen LogP contribution in [0.4, 0.5) is 0 Å². The van der Waals surface area contributed by atoms with Crippen LogP contribution in [0.5, 0.6) is 0 Å². The minimum absolute atomic E-state index is 0.357. The number of ether oxygens (including phenoxy) is 1. The van der Waals surface area contributed by atoms with Gasteiger partial charge in [0.25, 0.3) is 0 Å². The van der Waals surface area contributed by atoms with Crippen molar-refractivity contribution in [3.63, 3.8) is 0 Å². The smallest absolute Gasteiger partial charge is 0.357 e. The van der Waals surface area contributed by atoms with E-state index in [4.69, 9.17) is 0 Å². The lowest BCUT2D eigenvalue weighted by molar-refractivity contribution is 0.0595. The number of rotatable bonds is 2. The van der Waals surface area contributed by atoms with Crippen molar-refractivity contribution in [1.29, 1.82) is 0 Å². The number of fused-ring (bicyclic) bond motifs is 1. The third-order valence-electron chi connectivity index (χ3n) is 2.90. The highest BCUT2D eigenvalue weighted by Crippen LogP contribution is 2.27. The molecule has 3 rings (SSSR count). The van der Waals surface area contributed by atoms with Crippen LogP contribution in [0.2, 0.25) is 0 Å². The third kappa shape index (κ3) is 2.22. The van der Waals surface area contributed by atoms with Crippen molar-refractivity contribution in [2.45, 2.75) is 0 Å². The molecule has 0 spiro atoms. The van der Waals surface area contributed by atoms with Gasteiger partial charge in [-0.05, 0) is 16.8 Å². The van der Waals surface area contributed by atoms with Crippen molar-refractivity contribution >= 4 is 28.1 Å². The first-order valence-electron chi connectivity index (χ1n) is 5.81. The fourth-order valence-electron chi connectivity index (χ4n) is 1.93. The predicted octanol–water partition coefficient (Wildman–Crippen LogP) is 3.75. The lowest BCUT2D eigenvalue weighted by Crippen LogP contribution is -2.00. The zero-order chi connectivity index (χ0) is 13.2. The number of carbonyl (C=O) groups excluding carboxylic acids is 1. The molecule has 0 aliphatic rings. The minimum Gasteiger partial charge on any atom is -0.464 e. The Bertz CT molecular complexity index is 748. The molecule has 0 aliphatic heterocycles. The van der Waals surface area contributed by atoms with Crippen LogP contribution in [-0.2, 0) is 4.74 Å². The Morgan fingerprint density at radius 3 is 2.74 bits per heavy atom. The first kappa shape index (κ1) is 11.9. The van der Waals surface area contributed by atoms with Gasteiger partial charge >= 0.3 is 5.97 Å². The van der Waals surface area contributed by atoms with Gasteiger partial charge in [-0.25, -0.2) is 9.78 Å². The van der Waals surface area contributed by atoms with Gasteiger partial charge in [-0.15, -0.1) is 11.3 Å². The Hall–Kier alpha value is -2.20. The molecule has 0 bridgehead atoms. The second kappa shape index (κ2) is 4.82. The number of carbonyl (C=O) groups is 1. The predicted molar refractivity (Wildman–Crippen MR) is 76.4 cm³/mol. The van der Waals surface area contributed by atoms with E-state index in [2.05, 4.69) is 34.0 Å². The molecule has 0 aliphatic carbocycles. The summed E-state index contributed by atoms with van der Waals surface area (Å²) in [7, 11) is 1.36. The quantitative estimate of drug-likeness (QED) is 0.665. The molecule has 0 saturated carbocycles. The Morgan fingerprint density at radius 2 is 1.95 bits per heavy atom. The van der Waals surface area contributed by atoms with Crippen LogP contribution in [0.1, 0.15) is 10.5 Å². The summed E-state index contributed by atoms with van der Waals surface area (Å²) in [5.41, 5.74) is 1.37. The van der Waals surface area contributed by atoms with Gasteiger partial charge in [0, 0.05) is 10.9 Å². The fraction of sp³-hybridized carbons (Fsp3) is 0.0667. The van der Waals surface area contributed by atoms with E-state index in [9.17, 15) is 4.79 Å². The largest absolute Gasteiger partial charge is 0.464 e. The molecule has 0 N–H and O–H groups in total. The zero-order valence-electron chi connectivity index (χ0n) is 10.3. The summed E-state index contributed by atoms with van der Waals surface area (Å²) in [5, 5.41) is 4.90. The van der Waals surface area contributed by atoms with Gasteiger partial charge < -0.3 is 4.74 Å². The number of methoxy groups -OCH3 is 1.